The van der Waals surface area contributed by atoms with E-state index in [0.29, 0.717) is 16.6 Å². The summed E-state index contributed by atoms with van der Waals surface area (Å²) in [5.74, 6) is 0.821. The molecule has 28 heavy (non-hydrogen) atoms. The van der Waals surface area contributed by atoms with Crippen LogP contribution in [0.5, 0.6) is 5.75 Å². The summed E-state index contributed by atoms with van der Waals surface area (Å²) in [7, 11) is 0. The number of carbonyl (C=O) groups excluding carboxylic acids is 2. The lowest BCUT2D eigenvalue weighted by Gasteiger charge is -2.11. The van der Waals surface area contributed by atoms with Gasteiger partial charge in [0.2, 0.25) is 5.91 Å². The summed E-state index contributed by atoms with van der Waals surface area (Å²) in [6.45, 7) is 0.211. The number of fused-ring (bicyclic) bond motifs is 1. The molecule has 2 aromatic carbocycles. The van der Waals surface area contributed by atoms with Crippen molar-refractivity contribution in [1.82, 2.24) is 20.4 Å². The van der Waals surface area contributed by atoms with E-state index >= 15 is 0 Å². The predicted molar refractivity (Wildman–Crippen MR) is 105 cm³/mol. The number of ether oxygens (including phenoxy) is 1. The van der Waals surface area contributed by atoms with Crippen LogP contribution in [0.3, 0.4) is 0 Å². The second-order valence-corrected chi connectivity index (χ2v) is 7.09. The molecule has 1 aromatic heterocycles. The quantitative estimate of drug-likeness (QED) is 0.625. The van der Waals surface area contributed by atoms with Gasteiger partial charge >= 0.3 is 0 Å². The zero-order valence-corrected chi connectivity index (χ0v) is 15.8. The molecule has 2 N–H and O–H groups in total. The molecule has 0 spiro atoms. The van der Waals surface area contributed by atoms with Crippen LogP contribution in [0, 0.1) is 5.92 Å². The lowest BCUT2D eigenvalue weighted by molar-refractivity contribution is -0.129. The topological polar surface area (TPSA) is 85.2 Å². The molecule has 0 aliphatic heterocycles. The van der Waals surface area contributed by atoms with Crippen LogP contribution in [-0.2, 0) is 22.7 Å². The van der Waals surface area contributed by atoms with Gasteiger partial charge in [0.05, 0.1) is 11.0 Å². The van der Waals surface area contributed by atoms with Crippen LogP contribution in [-0.4, -0.2) is 21.4 Å². The SMILES string of the molecule is O=C(Cn1c(COc2ccc(Cl)cc2)nc2ccccc21)NNC(=O)C1CC1. The zero-order chi connectivity index (χ0) is 19.5. The minimum absolute atomic E-state index is 0.0186. The number of hydrogen-bond donors (Lipinski definition) is 2. The number of nitrogens with one attached hydrogen (secondary N) is 2. The Kier molecular flexibility index (Phi) is 5.16. The van der Waals surface area contributed by atoms with E-state index in [9.17, 15) is 9.59 Å². The number of para-hydroxylation sites is 2. The number of hydrazine groups is 1. The highest BCUT2D eigenvalue weighted by Gasteiger charge is 2.29. The molecule has 0 saturated heterocycles. The average Bonchev–Trinajstić information content (AvgIpc) is 3.50. The number of carbonyl (C=O) groups is 2. The molecule has 2 amide bonds. The van der Waals surface area contributed by atoms with Gasteiger partial charge in [-0.1, -0.05) is 23.7 Å². The highest BCUT2D eigenvalue weighted by molar-refractivity contribution is 6.30. The highest BCUT2D eigenvalue weighted by Crippen LogP contribution is 2.28. The Balaban J connectivity index is 1.48. The van der Waals surface area contributed by atoms with E-state index in [0.717, 1.165) is 23.9 Å². The molecule has 0 radical (unpaired) electrons. The van der Waals surface area contributed by atoms with Gasteiger partial charge in [-0.15, -0.1) is 0 Å². The minimum atomic E-state index is -0.329. The maximum Gasteiger partial charge on any atom is 0.258 e. The molecule has 8 heteroatoms. The number of imidazole rings is 1. The summed E-state index contributed by atoms with van der Waals surface area (Å²) in [5, 5.41) is 0.629. The Morgan fingerprint density at radius 3 is 2.61 bits per heavy atom. The molecule has 7 nitrogen and oxygen atoms in total. The Labute approximate surface area is 166 Å². The van der Waals surface area contributed by atoms with E-state index in [4.69, 9.17) is 16.3 Å². The van der Waals surface area contributed by atoms with Gasteiger partial charge in [-0.3, -0.25) is 20.4 Å². The maximum atomic E-state index is 12.3. The zero-order valence-electron chi connectivity index (χ0n) is 15.0. The van der Waals surface area contributed by atoms with Crippen LogP contribution in [0.25, 0.3) is 11.0 Å². The van der Waals surface area contributed by atoms with Crippen molar-refractivity contribution in [1.29, 1.82) is 0 Å². The molecule has 0 atom stereocenters. The molecule has 4 rings (SSSR count). The van der Waals surface area contributed by atoms with E-state index in [2.05, 4.69) is 15.8 Å². The van der Waals surface area contributed by atoms with Crippen molar-refractivity contribution in [2.75, 3.05) is 0 Å². The van der Waals surface area contributed by atoms with Crippen LogP contribution >= 0.6 is 11.6 Å². The van der Waals surface area contributed by atoms with E-state index in [1.807, 2.05) is 24.3 Å². The van der Waals surface area contributed by atoms with Crippen LogP contribution in [0.4, 0.5) is 0 Å². The molecule has 1 fully saturated rings. The van der Waals surface area contributed by atoms with Gasteiger partial charge in [-0.05, 0) is 49.2 Å². The van der Waals surface area contributed by atoms with Crippen molar-refractivity contribution < 1.29 is 14.3 Å². The Hall–Kier alpha value is -3.06. The van der Waals surface area contributed by atoms with Crippen LogP contribution < -0.4 is 15.6 Å². The normalized spacial score (nSPS) is 13.3. The number of benzene rings is 2. The number of amides is 2. The summed E-state index contributed by atoms with van der Waals surface area (Å²) in [5.41, 5.74) is 6.53. The third-order valence-electron chi connectivity index (χ3n) is 4.49. The molecule has 0 bridgehead atoms. The fourth-order valence-electron chi connectivity index (χ4n) is 2.85. The van der Waals surface area contributed by atoms with E-state index < -0.39 is 0 Å². The fourth-order valence-corrected chi connectivity index (χ4v) is 2.98. The van der Waals surface area contributed by atoms with Crippen molar-refractivity contribution in [3.63, 3.8) is 0 Å². The molecule has 3 aromatic rings. The molecule has 1 saturated carbocycles. The van der Waals surface area contributed by atoms with Gasteiger partial charge in [0.15, 0.2) is 0 Å². The van der Waals surface area contributed by atoms with Gasteiger partial charge in [-0.2, -0.15) is 0 Å². The number of halogens is 1. The summed E-state index contributed by atoms with van der Waals surface area (Å²) < 4.78 is 7.57. The number of aromatic nitrogens is 2. The summed E-state index contributed by atoms with van der Waals surface area (Å²) in [6, 6.07) is 14.6. The number of nitrogens with zero attached hydrogens (tertiary/aromatic N) is 2. The molecular formula is C20H19ClN4O3. The fraction of sp³-hybridized carbons (Fsp3) is 0.250. The largest absolute Gasteiger partial charge is 0.486 e. The van der Waals surface area contributed by atoms with E-state index in [1.165, 1.54) is 0 Å². The van der Waals surface area contributed by atoms with Crippen LogP contribution in [0.1, 0.15) is 18.7 Å². The second kappa shape index (κ2) is 7.90. The van der Waals surface area contributed by atoms with Gasteiger partial charge in [0.25, 0.3) is 5.91 Å². The first-order valence-corrected chi connectivity index (χ1v) is 9.39. The van der Waals surface area contributed by atoms with Crippen LogP contribution in [0.2, 0.25) is 5.02 Å². The second-order valence-electron chi connectivity index (χ2n) is 6.66. The molecule has 1 aliphatic rings. The molecule has 144 valence electrons. The highest BCUT2D eigenvalue weighted by atomic mass is 35.5. The first-order valence-electron chi connectivity index (χ1n) is 9.01. The summed E-state index contributed by atoms with van der Waals surface area (Å²) in [6.07, 6.45) is 1.75. The Morgan fingerprint density at radius 2 is 1.86 bits per heavy atom. The van der Waals surface area contributed by atoms with Crippen LogP contribution in [0.15, 0.2) is 48.5 Å². The first kappa shape index (κ1) is 18.3. The minimum Gasteiger partial charge on any atom is -0.486 e. The van der Waals surface area contributed by atoms with Crippen molar-refractivity contribution in [3.8, 4) is 5.75 Å². The third kappa shape index (κ3) is 4.26. The standard InChI is InChI=1S/C20H19ClN4O3/c21-14-7-9-15(10-8-14)28-12-18-22-16-3-1-2-4-17(16)25(18)11-19(26)23-24-20(27)13-5-6-13/h1-4,7-10,13H,5-6,11-12H2,(H,23,26)(H,24,27). The molecular weight excluding hydrogens is 380 g/mol. The smallest absolute Gasteiger partial charge is 0.258 e. The Morgan fingerprint density at radius 1 is 1.11 bits per heavy atom. The number of hydrogen-bond acceptors (Lipinski definition) is 4. The lowest BCUT2D eigenvalue weighted by Crippen LogP contribution is -2.44. The predicted octanol–water partition coefficient (Wildman–Crippen LogP) is 2.83. The van der Waals surface area contributed by atoms with Gasteiger partial charge < -0.3 is 9.30 Å². The molecule has 1 aliphatic carbocycles. The van der Waals surface area contributed by atoms with Crippen molar-refractivity contribution in [2.45, 2.75) is 26.0 Å². The van der Waals surface area contributed by atoms with Crippen molar-refractivity contribution in [2.24, 2.45) is 5.92 Å². The van der Waals surface area contributed by atoms with E-state index in [-0.39, 0.29) is 30.9 Å². The molecule has 0 unspecified atom stereocenters. The van der Waals surface area contributed by atoms with Crippen molar-refractivity contribution >= 4 is 34.4 Å². The first-order chi connectivity index (χ1) is 13.6. The number of rotatable bonds is 6. The van der Waals surface area contributed by atoms with Gasteiger partial charge in [-0.25, -0.2) is 4.98 Å². The lowest BCUT2D eigenvalue weighted by atomic mass is 10.3. The monoisotopic (exact) mass is 398 g/mol. The van der Waals surface area contributed by atoms with E-state index in [1.54, 1.807) is 28.8 Å². The van der Waals surface area contributed by atoms with Gasteiger partial charge in [0, 0.05) is 10.9 Å². The Bertz CT molecular complexity index is 1010. The third-order valence-corrected chi connectivity index (χ3v) is 4.74. The summed E-state index contributed by atoms with van der Waals surface area (Å²) >= 11 is 5.89. The maximum absolute atomic E-state index is 12.3. The van der Waals surface area contributed by atoms with Crippen molar-refractivity contribution in [3.05, 3.63) is 59.4 Å². The molecule has 1 heterocycles. The van der Waals surface area contributed by atoms with Gasteiger partial charge in [0.1, 0.15) is 24.7 Å². The summed E-state index contributed by atoms with van der Waals surface area (Å²) in [4.78, 5) is 28.6. The average molecular weight is 399 g/mol.